The monoisotopic (exact) mass is 204 g/mol. The fourth-order valence-electron chi connectivity index (χ4n) is 1.57. The Balaban J connectivity index is 2.35. The van der Waals surface area contributed by atoms with Crippen LogP contribution in [0.4, 0.5) is 0 Å². The van der Waals surface area contributed by atoms with Crippen molar-refractivity contribution >= 4 is 11.5 Å². The Hall–Kier alpha value is -1.84. The minimum atomic E-state index is -0.776. The molecule has 78 valence electrons. The van der Waals surface area contributed by atoms with Gasteiger partial charge in [0.15, 0.2) is 0 Å². The van der Waals surface area contributed by atoms with Gasteiger partial charge in [0, 0.05) is 12.6 Å². The van der Waals surface area contributed by atoms with Gasteiger partial charge in [0.25, 0.3) is 0 Å². The zero-order valence-electron chi connectivity index (χ0n) is 8.47. The average molecular weight is 204 g/mol. The van der Waals surface area contributed by atoms with Crippen LogP contribution in [0.15, 0.2) is 24.5 Å². The predicted octanol–water partition coefficient (Wildman–Crippen LogP) is 1.66. The summed E-state index contributed by atoms with van der Waals surface area (Å²) in [6, 6.07) is 3.99. The largest absolute Gasteiger partial charge is 0.481 e. The fraction of sp³-hybridized carbons (Fsp3) is 0.273. The van der Waals surface area contributed by atoms with Gasteiger partial charge in [-0.3, -0.25) is 4.79 Å². The lowest BCUT2D eigenvalue weighted by molar-refractivity contribution is -0.136. The number of aliphatic carboxylic acids is 1. The van der Waals surface area contributed by atoms with Crippen molar-refractivity contribution in [2.24, 2.45) is 0 Å². The minimum absolute atomic E-state index is 0.148. The quantitative estimate of drug-likeness (QED) is 0.827. The molecule has 2 aromatic rings. The highest BCUT2D eigenvalue weighted by Gasteiger charge is 2.05. The van der Waals surface area contributed by atoms with Gasteiger partial charge in [-0.1, -0.05) is 0 Å². The Kier molecular flexibility index (Phi) is 2.41. The molecular weight excluding hydrogens is 192 g/mol. The molecule has 0 aliphatic carbocycles. The average Bonchev–Trinajstić information content (AvgIpc) is 2.57. The Bertz CT molecular complexity index is 502. The second-order valence-electron chi connectivity index (χ2n) is 3.60. The number of fused-ring (bicyclic) bond motifs is 1. The minimum Gasteiger partial charge on any atom is -0.481 e. The van der Waals surface area contributed by atoms with Crippen LogP contribution in [-0.4, -0.2) is 20.7 Å². The number of aromatic nitrogens is 2. The number of aryl methyl sites for hydroxylation is 2. The number of rotatable bonds is 3. The second-order valence-corrected chi connectivity index (χ2v) is 3.60. The highest BCUT2D eigenvalue weighted by Crippen LogP contribution is 2.13. The van der Waals surface area contributed by atoms with Crippen molar-refractivity contribution in [2.75, 3.05) is 0 Å². The van der Waals surface area contributed by atoms with Crippen LogP contribution < -0.4 is 0 Å². The zero-order valence-corrected chi connectivity index (χ0v) is 8.47. The van der Waals surface area contributed by atoms with E-state index in [9.17, 15) is 4.79 Å². The lowest BCUT2D eigenvalue weighted by Crippen LogP contribution is -1.97. The molecule has 0 spiro atoms. The molecule has 2 heterocycles. The summed E-state index contributed by atoms with van der Waals surface area (Å²) in [5.74, 6) is -0.776. The van der Waals surface area contributed by atoms with E-state index < -0.39 is 5.97 Å². The predicted molar refractivity (Wildman–Crippen MR) is 55.9 cm³/mol. The summed E-state index contributed by atoms with van der Waals surface area (Å²) in [6.07, 6.45) is 4.30. The molecule has 4 nitrogen and oxygen atoms in total. The van der Waals surface area contributed by atoms with E-state index in [1.165, 1.54) is 0 Å². The van der Waals surface area contributed by atoms with Gasteiger partial charge < -0.3 is 5.11 Å². The first-order valence-corrected chi connectivity index (χ1v) is 4.81. The van der Waals surface area contributed by atoms with Crippen LogP contribution in [0.2, 0.25) is 0 Å². The van der Waals surface area contributed by atoms with Crippen molar-refractivity contribution in [3.8, 4) is 0 Å². The summed E-state index contributed by atoms with van der Waals surface area (Å²) < 4.78 is 1.77. The first-order valence-electron chi connectivity index (χ1n) is 4.81. The van der Waals surface area contributed by atoms with Gasteiger partial charge >= 0.3 is 5.97 Å². The van der Waals surface area contributed by atoms with Crippen LogP contribution in [0, 0.1) is 6.92 Å². The maximum absolute atomic E-state index is 10.5. The van der Waals surface area contributed by atoms with Crippen LogP contribution >= 0.6 is 0 Å². The highest BCUT2D eigenvalue weighted by atomic mass is 16.4. The number of nitrogens with zero attached hydrogens (tertiary/aromatic N) is 2. The van der Waals surface area contributed by atoms with Crippen LogP contribution in [0.1, 0.15) is 17.5 Å². The van der Waals surface area contributed by atoms with Crippen LogP contribution in [0.3, 0.4) is 0 Å². The van der Waals surface area contributed by atoms with Crippen molar-refractivity contribution in [3.05, 3.63) is 35.7 Å². The Morgan fingerprint density at radius 2 is 2.40 bits per heavy atom. The molecule has 0 aliphatic rings. The molecule has 0 fully saturated rings. The Morgan fingerprint density at radius 3 is 3.13 bits per heavy atom. The smallest absolute Gasteiger partial charge is 0.303 e. The highest BCUT2D eigenvalue weighted by molar-refractivity contribution is 5.68. The molecule has 1 N–H and O–H groups in total. The van der Waals surface area contributed by atoms with E-state index in [0.717, 1.165) is 16.6 Å². The maximum Gasteiger partial charge on any atom is 0.303 e. The molecular formula is C11H12N2O2. The van der Waals surface area contributed by atoms with Gasteiger partial charge in [-0.15, -0.1) is 0 Å². The van der Waals surface area contributed by atoms with E-state index in [4.69, 9.17) is 5.11 Å². The van der Waals surface area contributed by atoms with E-state index >= 15 is 0 Å². The van der Waals surface area contributed by atoms with Gasteiger partial charge in [0.05, 0.1) is 11.7 Å². The third-order valence-corrected chi connectivity index (χ3v) is 2.37. The van der Waals surface area contributed by atoms with E-state index in [-0.39, 0.29) is 6.42 Å². The molecule has 0 aliphatic heterocycles. The molecule has 4 heteroatoms. The van der Waals surface area contributed by atoms with Crippen molar-refractivity contribution in [3.63, 3.8) is 0 Å². The molecule has 2 rings (SSSR count). The molecule has 2 aromatic heterocycles. The van der Waals surface area contributed by atoms with Crippen LogP contribution in [0.5, 0.6) is 0 Å². The molecule has 0 aromatic carbocycles. The SMILES string of the molecule is Cc1ccn2ncc(CCC(=O)O)c2c1. The number of carboxylic acid groups (broad SMARTS) is 1. The topological polar surface area (TPSA) is 54.6 Å². The number of carboxylic acids is 1. The van der Waals surface area contributed by atoms with Crippen molar-refractivity contribution in [1.29, 1.82) is 0 Å². The van der Waals surface area contributed by atoms with E-state index in [1.807, 2.05) is 25.3 Å². The second kappa shape index (κ2) is 3.73. The van der Waals surface area contributed by atoms with Gasteiger partial charge in [-0.05, 0) is 36.6 Å². The zero-order chi connectivity index (χ0) is 10.8. The summed E-state index contributed by atoms with van der Waals surface area (Å²) in [5, 5.41) is 12.8. The molecule has 0 atom stereocenters. The molecule has 0 amide bonds. The Morgan fingerprint density at radius 1 is 1.60 bits per heavy atom. The molecule has 0 saturated heterocycles. The normalized spacial score (nSPS) is 10.7. The molecule has 0 radical (unpaired) electrons. The summed E-state index contributed by atoms with van der Waals surface area (Å²) >= 11 is 0. The summed E-state index contributed by atoms with van der Waals surface area (Å²) in [5.41, 5.74) is 3.14. The van der Waals surface area contributed by atoms with Gasteiger partial charge in [-0.25, -0.2) is 4.52 Å². The standard InChI is InChI=1S/C11H12N2O2/c1-8-4-5-13-10(6-8)9(7-12-13)2-3-11(14)15/h4-7H,2-3H2,1H3,(H,14,15). The van der Waals surface area contributed by atoms with E-state index in [0.29, 0.717) is 6.42 Å². The number of pyridine rings is 1. The number of hydrogen-bond acceptors (Lipinski definition) is 2. The molecule has 0 bridgehead atoms. The molecule has 15 heavy (non-hydrogen) atoms. The van der Waals surface area contributed by atoms with Crippen LogP contribution in [0.25, 0.3) is 5.52 Å². The van der Waals surface area contributed by atoms with E-state index in [1.54, 1.807) is 10.7 Å². The van der Waals surface area contributed by atoms with Crippen molar-refractivity contribution in [1.82, 2.24) is 9.61 Å². The van der Waals surface area contributed by atoms with E-state index in [2.05, 4.69) is 5.10 Å². The first kappa shape index (κ1) is 9.71. The molecule has 0 saturated carbocycles. The fourth-order valence-corrected chi connectivity index (χ4v) is 1.57. The van der Waals surface area contributed by atoms with Crippen LogP contribution in [-0.2, 0) is 11.2 Å². The lowest BCUT2D eigenvalue weighted by atomic mass is 10.1. The van der Waals surface area contributed by atoms with Gasteiger partial charge in [0.1, 0.15) is 0 Å². The molecule has 0 unspecified atom stereocenters. The van der Waals surface area contributed by atoms with Crippen molar-refractivity contribution in [2.45, 2.75) is 19.8 Å². The summed E-state index contributed by atoms with van der Waals surface area (Å²) in [4.78, 5) is 10.5. The Labute approximate surface area is 87.2 Å². The number of carbonyl (C=O) groups is 1. The summed E-state index contributed by atoms with van der Waals surface area (Å²) in [7, 11) is 0. The number of hydrogen-bond donors (Lipinski definition) is 1. The van der Waals surface area contributed by atoms with Gasteiger partial charge in [0.2, 0.25) is 0 Å². The summed E-state index contributed by atoms with van der Waals surface area (Å²) in [6.45, 7) is 2.01. The van der Waals surface area contributed by atoms with Crippen molar-refractivity contribution < 1.29 is 9.90 Å². The lowest BCUT2D eigenvalue weighted by Gasteiger charge is -1.98. The first-order chi connectivity index (χ1) is 7.16. The third kappa shape index (κ3) is 1.98. The maximum atomic E-state index is 10.5. The third-order valence-electron chi connectivity index (χ3n) is 2.37. The van der Waals surface area contributed by atoms with Gasteiger partial charge in [-0.2, -0.15) is 5.10 Å².